The van der Waals surface area contributed by atoms with E-state index in [2.05, 4.69) is 15.3 Å². The van der Waals surface area contributed by atoms with Crippen LogP contribution in [0.15, 0.2) is 30.6 Å². The first-order valence-corrected chi connectivity index (χ1v) is 9.29. The molecule has 3 heterocycles. The lowest BCUT2D eigenvalue weighted by Crippen LogP contribution is -2.26. The van der Waals surface area contributed by atoms with Crippen molar-refractivity contribution >= 4 is 17.5 Å². The SMILES string of the molecule is CCOc1cc(CNC(=O)c2cnc(OC3CCOCC3)c(Cl)c2)ccn1. The molecule has 3 rings (SSSR count). The number of amides is 1. The van der Waals surface area contributed by atoms with Gasteiger partial charge in [0.05, 0.1) is 25.4 Å². The van der Waals surface area contributed by atoms with Crippen molar-refractivity contribution in [2.45, 2.75) is 32.4 Å². The molecule has 0 aliphatic carbocycles. The molecule has 2 aromatic rings. The van der Waals surface area contributed by atoms with E-state index in [1.54, 1.807) is 18.3 Å². The third kappa shape index (κ3) is 5.55. The van der Waals surface area contributed by atoms with Crippen molar-refractivity contribution in [3.8, 4) is 11.8 Å². The van der Waals surface area contributed by atoms with Gasteiger partial charge in [-0.3, -0.25) is 4.79 Å². The summed E-state index contributed by atoms with van der Waals surface area (Å²) >= 11 is 6.24. The lowest BCUT2D eigenvalue weighted by atomic mass is 10.1. The molecule has 0 bridgehead atoms. The zero-order chi connectivity index (χ0) is 19.1. The topological polar surface area (TPSA) is 82.6 Å². The van der Waals surface area contributed by atoms with Crippen LogP contribution in [0.5, 0.6) is 11.8 Å². The minimum Gasteiger partial charge on any atom is -0.478 e. The van der Waals surface area contributed by atoms with Gasteiger partial charge < -0.3 is 19.5 Å². The summed E-state index contributed by atoms with van der Waals surface area (Å²) in [5.41, 5.74) is 1.26. The van der Waals surface area contributed by atoms with Gasteiger partial charge in [0.1, 0.15) is 11.1 Å². The van der Waals surface area contributed by atoms with Gasteiger partial charge in [0.25, 0.3) is 5.91 Å². The highest BCUT2D eigenvalue weighted by atomic mass is 35.5. The van der Waals surface area contributed by atoms with Gasteiger partial charge in [-0.05, 0) is 24.6 Å². The number of halogens is 1. The van der Waals surface area contributed by atoms with E-state index in [1.165, 1.54) is 6.20 Å². The van der Waals surface area contributed by atoms with Crippen LogP contribution in [0.25, 0.3) is 0 Å². The molecule has 1 aliphatic rings. The fraction of sp³-hybridized carbons (Fsp3) is 0.421. The second-order valence-corrected chi connectivity index (χ2v) is 6.47. The van der Waals surface area contributed by atoms with Crippen LogP contribution in [0.1, 0.15) is 35.7 Å². The zero-order valence-corrected chi connectivity index (χ0v) is 15.9. The van der Waals surface area contributed by atoms with Crippen molar-refractivity contribution in [3.63, 3.8) is 0 Å². The number of carbonyl (C=O) groups is 1. The second-order valence-electron chi connectivity index (χ2n) is 6.06. The highest BCUT2D eigenvalue weighted by molar-refractivity contribution is 6.32. The van der Waals surface area contributed by atoms with Crippen LogP contribution in [0, 0.1) is 0 Å². The number of rotatable bonds is 7. The van der Waals surface area contributed by atoms with Crippen LogP contribution in [-0.4, -0.2) is 41.8 Å². The highest BCUT2D eigenvalue weighted by Gasteiger charge is 2.18. The Morgan fingerprint density at radius 3 is 2.89 bits per heavy atom. The van der Waals surface area contributed by atoms with Crippen LogP contribution in [0.3, 0.4) is 0 Å². The summed E-state index contributed by atoms with van der Waals surface area (Å²) in [6.45, 7) is 4.11. The van der Waals surface area contributed by atoms with Gasteiger partial charge >= 0.3 is 0 Å². The standard InChI is InChI=1S/C19H22ClN3O4/c1-2-26-17-9-13(3-6-21-17)11-22-18(24)14-10-16(20)19(23-12-14)27-15-4-7-25-8-5-15/h3,6,9-10,12,15H,2,4-5,7-8,11H2,1H3,(H,22,24). The number of aromatic nitrogens is 2. The molecule has 1 saturated heterocycles. The van der Waals surface area contributed by atoms with Crippen molar-refractivity contribution in [2.24, 2.45) is 0 Å². The third-order valence-corrected chi connectivity index (χ3v) is 4.33. The fourth-order valence-electron chi connectivity index (χ4n) is 2.66. The van der Waals surface area contributed by atoms with Gasteiger partial charge in [-0.2, -0.15) is 0 Å². The monoisotopic (exact) mass is 391 g/mol. The minimum atomic E-state index is -0.267. The Labute approximate surface area is 163 Å². The predicted octanol–water partition coefficient (Wildman–Crippen LogP) is 3.02. The van der Waals surface area contributed by atoms with Crippen LogP contribution in [-0.2, 0) is 11.3 Å². The number of ether oxygens (including phenoxy) is 3. The Hall–Kier alpha value is -2.38. The summed E-state index contributed by atoms with van der Waals surface area (Å²) in [5, 5.41) is 3.15. The molecule has 0 spiro atoms. The van der Waals surface area contributed by atoms with Gasteiger partial charge in [0.2, 0.25) is 11.8 Å². The Bertz CT molecular complexity index is 781. The molecule has 27 heavy (non-hydrogen) atoms. The van der Waals surface area contributed by atoms with Crippen molar-refractivity contribution < 1.29 is 19.0 Å². The summed E-state index contributed by atoms with van der Waals surface area (Å²) in [7, 11) is 0. The van der Waals surface area contributed by atoms with Crippen molar-refractivity contribution in [2.75, 3.05) is 19.8 Å². The first-order chi connectivity index (χ1) is 13.2. The lowest BCUT2D eigenvalue weighted by molar-refractivity contribution is 0.0238. The first-order valence-electron chi connectivity index (χ1n) is 8.91. The van der Waals surface area contributed by atoms with Crippen LogP contribution in [0.2, 0.25) is 5.02 Å². The van der Waals surface area contributed by atoms with Crippen molar-refractivity contribution in [1.82, 2.24) is 15.3 Å². The zero-order valence-electron chi connectivity index (χ0n) is 15.1. The van der Waals surface area contributed by atoms with Gasteiger partial charge in [-0.25, -0.2) is 9.97 Å². The molecule has 1 amide bonds. The number of hydrogen-bond donors (Lipinski definition) is 1. The average Bonchev–Trinajstić information content (AvgIpc) is 2.69. The molecule has 8 heteroatoms. The van der Waals surface area contributed by atoms with Crippen molar-refractivity contribution in [3.05, 3.63) is 46.7 Å². The molecule has 2 aromatic heterocycles. The first kappa shape index (κ1) is 19.4. The summed E-state index contributed by atoms with van der Waals surface area (Å²) in [6.07, 6.45) is 4.75. The second kappa shape index (κ2) is 9.53. The Balaban J connectivity index is 1.58. The van der Waals surface area contributed by atoms with Gasteiger partial charge in [0, 0.05) is 37.8 Å². The number of carbonyl (C=O) groups excluding carboxylic acids is 1. The number of nitrogens with one attached hydrogen (secondary N) is 1. The van der Waals surface area contributed by atoms with Crippen molar-refractivity contribution in [1.29, 1.82) is 0 Å². The summed E-state index contributed by atoms with van der Waals surface area (Å²) < 4.78 is 16.5. The molecule has 7 nitrogen and oxygen atoms in total. The summed E-state index contributed by atoms with van der Waals surface area (Å²) in [5.74, 6) is 0.607. The van der Waals surface area contributed by atoms with E-state index in [0.29, 0.717) is 48.7 Å². The van der Waals surface area contributed by atoms with E-state index in [9.17, 15) is 4.79 Å². The molecular formula is C19H22ClN3O4. The quantitative estimate of drug-likeness (QED) is 0.781. The Morgan fingerprint density at radius 1 is 1.33 bits per heavy atom. The smallest absolute Gasteiger partial charge is 0.253 e. The van der Waals surface area contributed by atoms with Gasteiger partial charge in [-0.15, -0.1) is 0 Å². The molecule has 1 aliphatic heterocycles. The minimum absolute atomic E-state index is 0.0367. The number of pyridine rings is 2. The molecule has 0 saturated carbocycles. The van der Waals surface area contributed by atoms with E-state index < -0.39 is 0 Å². The Morgan fingerprint density at radius 2 is 2.15 bits per heavy atom. The number of hydrogen-bond acceptors (Lipinski definition) is 6. The largest absolute Gasteiger partial charge is 0.478 e. The van der Waals surface area contributed by atoms with E-state index in [0.717, 1.165) is 18.4 Å². The summed E-state index contributed by atoms with van der Waals surface area (Å²) in [6, 6.07) is 5.18. The molecule has 0 aromatic carbocycles. The normalized spacial score (nSPS) is 14.6. The van der Waals surface area contributed by atoms with E-state index in [4.69, 9.17) is 25.8 Å². The molecular weight excluding hydrogens is 370 g/mol. The molecule has 0 atom stereocenters. The maximum atomic E-state index is 12.4. The van der Waals surface area contributed by atoms with E-state index in [-0.39, 0.29) is 12.0 Å². The molecule has 144 valence electrons. The van der Waals surface area contributed by atoms with E-state index >= 15 is 0 Å². The van der Waals surface area contributed by atoms with E-state index in [1.807, 2.05) is 13.0 Å². The molecule has 1 fully saturated rings. The van der Waals surface area contributed by atoms with Gasteiger partial charge in [-0.1, -0.05) is 11.6 Å². The van der Waals surface area contributed by atoms with Crippen LogP contribution >= 0.6 is 11.6 Å². The number of nitrogens with zero attached hydrogens (tertiary/aromatic N) is 2. The fourth-order valence-corrected chi connectivity index (χ4v) is 2.87. The maximum absolute atomic E-state index is 12.4. The third-order valence-electron chi connectivity index (χ3n) is 4.06. The lowest BCUT2D eigenvalue weighted by Gasteiger charge is -2.23. The van der Waals surface area contributed by atoms with Crippen LogP contribution < -0.4 is 14.8 Å². The Kier molecular flexibility index (Phi) is 6.84. The maximum Gasteiger partial charge on any atom is 0.253 e. The average molecular weight is 392 g/mol. The molecule has 0 radical (unpaired) electrons. The predicted molar refractivity (Wildman–Crippen MR) is 100 cm³/mol. The van der Waals surface area contributed by atoms with Crippen LogP contribution in [0.4, 0.5) is 0 Å². The molecule has 1 N–H and O–H groups in total. The molecule has 0 unspecified atom stereocenters. The highest BCUT2D eigenvalue weighted by Crippen LogP contribution is 2.25. The summed E-state index contributed by atoms with van der Waals surface area (Å²) in [4.78, 5) is 20.7. The van der Waals surface area contributed by atoms with Gasteiger partial charge in [0.15, 0.2) is 0 Å².